The molecule has 0 aliphatic carbocycles. The van der Waals surface area contributed by atoms with Crippen LogP contribution in [0.15, 0.2) is 14.7 Å². The van der Waals surface area contributed by atoms with Crippen LogP contribution in [-0.4, -0.2) is 105 Å². The molecule has 3 aliphatic rings. The van der Waals surface area contributed by atoms with Gasteiger partial charge in [-0.05, 0) is 6.26 Å². The Morgan fingerprint density at radius 3 is 1.80 bits per heavy atom. The van der Waals surface area contributed by atoms with E-state index in [-0.39, 0.29) is 51.0 Å². The Morgan fingerprint density at radius 1 is 0.860 bits per heavy atom. The molecule has 3 fully saturated rings. The Bertz CT molecular complexity index is 2050. The van der Waals surface area contributed by atoms with Crippen LogP contribution in [0, 0.1) is 0 Å². The normalized spacial score (nSPS) is 35.2. The molecular formula is C22H26N10O14P2S2-2. The van der Waals surface area contributed by atoms with Crippen LogP contribution in [0.5, 0.6) is 0 Å². The fraction of sp³-hybridized carbons (Fsp3) is 0.545. The number of anilines is 2. The van der Waals surface area contributed by atoms with Gasteiger partial charge in [-0.3, -0.25) is 37.8 Å². The molecule has 28 heteroatoms. The molecule has 0 aromatic carbocycles. The number of fused-ring (bicyclic) bond motifs is 4. The number of phosphoric ester groups is 2. The summed E-state index contributed by atoms with van der Waals surface area (Å²) < 4.78 is 60.8. The third-order valence-corrected chi connectivity index (χ3v) is 10.8. The van der Waals surface area contributed by atoms with Gasteiger partial charge in [-0.1, -0.05) is 11.8 Å². The van der Waals surface area contributed by atoms with Crippen LogP contribution in [0.2, 0.25) is 0 Å². The van der Waals surface area contributed by atoms with E-state index in [2.05, 4.69) is 42.5 Å². The molecule has 3 aliphatic heterocycles. The minimum Gasteiger partial charge on any atom is -0.756 e. The number of nitrogens with two attached hydrogens (primary N) is 2. The van der Waals surface area contributed by atoms with Crippen LogP contribution in [0.1, 0.15) is 18.3 Å². The number of hydrogen-bond acceptors (Lipinski definition) is 22. The summed E-state index contributed by atoms with van der Waals surface area (Å²) >= 11 is 5.21. The van der Waals surface area contributed by atoms with Crippen molar-refractivity contribution in [3.8, 4) is 0 Å². The van der Waals surface area contributed by atoms with Gasteiger partial charge in [-0.25, -0.2) is 9.97 Å². The van der Waals surface area contributed by atoms with Crippen LogP contribution in [0.25, 0.3) is 22.3 Å². The quantitative estimate of drug-likeness (QED) is 0.0610. The second-order valence-electron chi connectivity index (χ2n) is 11.0. The number of hydrogen-bond donors (Lipinski definition) is 7. The summed E-state index contributed by atoms with van der Waals surface area (Å²) in [6.07, 6.45) is -12.3. The smallest absolute Gasteiger partial charge is 0.280 e. The molecule has 4 unspecified atom stereocenters. The van der Waals surface area contributed by atoms with Crippen molar-refractivity contribution in [2.45, 2.75) is 60.0 Å². The third-order valence-electron chi connectivity index (χ3n) is 7.93. The maximum atomic E-state index is 13.2. The lowest BCUT2D eigenvalue weighted by atomic mass is 10.1. The highest BCUT2D eigenvalue weighted by Crippen LogP contribution is 2.51. The number of ether oxygens (including phenoxy) is 2. The lowest BCUT2D eigenvalue weighted by molar-refractivity contribution is -0.244. The molecule has 24 nitrogen and oxygen atoms in total. The van der Waals surface area contributed by atoms with Gasteiger partial charge < -0.3 is 59.0 Å². The van der Waals surface area contributed by atoms with Gasteiger partial charge in [0.1, 0.15) is 42.4 Å². The minimum absolute atomic E-state index is 0.0416. The van der Waals surface area contributed by atoms with Crippen LogP contribution in [-0.2, 0) is 42.5 Å². The molecule has 0 saturated carbocycles. The monoisotopic (exact) mass is 780 g/mol. The zero-order chi connectivity index (χ0) is 35.9. The SMILES string of the molecule is CSc1nc2c(=O)[nH]c(N)nc2n1[C@@H]1O[C@@H]2COP(=O)([O-])OC3[C@@H](COP(=O)([O-])OC2[C@@H]1O)O[C@@H](n1c(CS)nc2c(=O)[nH]c(N)nc21)[C@H]3O. The number of H-pyrrole nitrogens is 2. The number of aliphatic hydroxyl groups excluding tert-OH is 2. The van der Waals surface area contributed by atoms with Crippen LogP contribution >= 0.6 is 40.0 Å². The zero-order valence-electron chi connectivity index (χ0n) is 25.1. The Morgan fingerprint density at radius 2 is 1.32 bits per heavy atom. The number of aromatic amines is 2. The molecule has 8 N–H and O–H groups in total. The van der Waals surface area contributed by atoms with Gasteiger partial charge in [-0.15, -0.1) is 0 Å². The van der Waals surface area contributed by atoms with E-state index in [1.807, 2.05) is 0 Å². The van der Waals surface area contributed by atoms with Crippen molar-refractivity contribution < 1.29 is 56.7 Å². The lowest BCUT2D eigenvalue weighted by Gasteiger charge is -2.34. The summed E-state index contributed by atoms with van der Waals surface area (Å²) in [7, 11) is -10.8. The van der Waals surface area contributed by atoms with Crippen molar-refractivity contribution in [1.29, 1.82) is 0 Å². The van der Waals surface area contributed by atoms with E-state index in [1.165, 1.54) is 4.57 Å². The number of thioether (sulfide) groups is 1. The van der Waals surface area contributed by atoms with E-state index in [0.29, 0.717) is 0 Å². The molecule has 7 heterocycles. The molecule has 50 heavy (non-hydrogen) atoms. The fourth-order valence-corrected chi connectivity index (χ4v) is 8.55. The van der Waals surface area contributed by atoms with E-state index in [4.69, 9.17) is 39.0 Å². The Hall–Kier alpha value is -2.94. The summed E-state index contributed by atoms with van der Waals surface area (Å²) in [4.78, 5) is 72.3. The highest BCUT2D eigenvalue weighted by Gasteiger charge is 2.52. The van der Waals surface area contributed by atoms with E-state index in [0.717, 1.165) is 16.3 Å². The number of phosphoric acid groups is 2. The van der Waals surface area contributed by atoms with Gasteiger partial charge in [-0.2, -0.15) is 22.6 Å². The zero-order valence-corrected chi connectivity index (χ0v) is 28.6. The first-order chi connectivity index (χ1) is 23.6. The molecule has 272 valence electrons. The Kier molecular flexibility index (Phi) is 9.17. The van der Waals surface area contributed by atoms with Gasteiger partial charge >= 0.3 is 0 Å². The third kappa shape index (κ3) is 6.17. The first kappa shape index (κ1) is 35.5. The number of thiol groups is 1. The van der Waals surface area contributed by atoms with E-state index >= 15 is 0 Å². The van der Waals surface area contributed by atoms with Crippen molar-refractivity contribution in [3.63, 3.8) is 0 Å². The predicted octanol–water partition coefficient (Wildman–Crippen LogP) is -3.16. The number of nitrogens with one attached hydrogen (secondary N) is 2. The molecule has 0 amide bonds. The second kappa shape index (κ2) is 12.9. The highest BCUT2D eigenvalue weighted by atomic mass is 32.2. The lowest BCUT2D eigenvalue weighted by Crippen LogP contribution is -2.41. The van der Waals surface area contributed by atoms with Crippen molar-refractivity contribution >= 4 is 74.3 Å². The van der Waals surface area contributed by atoms with E-state index in [1.54, 1.807) is 6.26 Å². The van der Waals surface area contributed by atoms with Crippen LogP contribution in [0.3, 0.4) is 0 Å². The maximum Gasteiger partial charge on any atom is 0.280 e. The number of nitrogens with zero attached hydrogens (tertiary/aromatic N) is 6. The van der Waals surface area contributed by atoms with Crippen molar-refractivity contribution in [1.82, 2.24) is 39.0 Å². The number of rotatable bonds is 4. The largest absolute Gasteiger partial charge is 0.756 e. The number of aromatic nitrogens is 8. The molecule has 10 atom stereocenters. The molecule has 4 aromatic heterocycles. The maximum absolute atomic E-state index is 13.2. The summed E-state index contributed by atoms with van der Waals surface area (Å²) in [5, 5.41) is 22.7. The Balaban J connectivity index is 1.21. The molecule has 0 bridgehead atoms. The first-order valence-corrected chi connectivity index (χ1v) is 19.0. The number of aliphatic hydroxyl groups is 2. The molecule has 0 radical (unpaired) electrons. The summed E-state index contributed by atoms with van der Waals surface area (Å²) in [5.74, 6) is -0.695. The fourth-order valence-electron chi connectivity index (χ4n) is 5.86. The van der Waals surface area contributed by atoms with Gasteiger partial charge in [0.15, 0.2) is 39.9 Å². The predicted molar refractivity (Wildman–Crippen MR) is 166 cm³/mol. The highest BCUT2D eigenvalue weighted by molar-refractivity contribution is 7.98. The average molecular weight is 781 g/mol. The van der Waals surface area contributed by atoms with Crippen molar-refractivity contribution in [2.24, 2.45) is 0 Å². The van der Waals surface area contributed by atoms with Gasteiger partial charge in [0.05, 0.1) is 13.2 Å². The average Bonchev–Trinajstić information content (AvgIpc) is 3.76. The van der Waals surface area contributed by atoms with E-state index < -0.39 is 89.1 Å². The summed E-state index contributed by atoms with van der Waals surface area (Å²) in [6.45, 7) is -1.96. The molecule has 7 rings (SSSR count). The van der Waals surface area contributed by atoms with Gasteiger partial charge in [0.2, 0.25) is 11.9 Å². The molecular weight excluding hydrogens is 754 g/mol. The van der Waals surface area contributed by atoms with Crippen LogP contribution < -0.4 is 32.4 Å². The number of nitrogen functional groups attached to an aromatic ring is 2. The second-order valence-corrected chi connectivity index (χ2v) is 14.8. The van der Waals surface area contributed by atoms with E-state index in [9.17, 15) is 38.7 Å². The van der Waals surface area contributed by atoms with Crippen molar-refractivity contribution in [3.05, 3.63) is 26.5 Å². The summed E-state index contributed by atoms with van der Waals surface area (Å²) in [5.41, 5.74) is 9.27. The van der Waals surface area contributed by atoms with Gasteiger partial charge in [0, 0.05) is 5.75 Å². The molecule has 3 saturated heterocycles. The standard InChI is InChI=1S/C22H28N10O14P2S2/c1-50-22-26-9-15(28-21(24)30-17(9)36)32(22)19-11(34)13-6(44-19)3-42-47(37,38)45-12-5(2-41-48(39,40)46-13)43-18(10(12)33)31-7(4-49)25-8-14(31)27-20(23)29-16(8)35/h5-6,10-13,18-19,33-34,49H,2-4H2,1H3,(H,37,38)(H,39,40)(H3,23,27,29,35)(H3,24,28,30,36)/p-2/t5-,6-,10+,11+,12?,13?,18-,19-/m1/s1. The minimum atomic E-state index is -5.42. The first-order valence-electron chi connectivity index (χ1n) is 14.3. The Labute approximate surface area is 287 Å². The van der Waals surface area contributed by atoms with Crippen LogP contribution in [0.4, 0.5) is 11.9 Å². The molecule has 0 spiro atoms. The topological polar surface area (TPSA) is 355 Å². The van der Waals surface area contributed by atoms with Crippen molar-refractivity contribution in [2.75, 3.05) is 30.9 Å². The number of imidazole rings is 2. The van der Waals surface area contributed by atoms with Gasteiger partial charge in [0.25, 0.3) is 26.8 Å². The molecule has 4 aromatic rings. The summed E-state index contributed by atoms with van der Waals surface area (Å²) in [6, 6.07) is 0.